The molecule has 1 heterocycles. The van der Waals surface area contributed by atoms with Crippen molar-refractivity contribution in [3.05, 3.63) is 35.9 Å². The number of benzene rings is 1. The number of hydrogen-bond donors (Lipinski definition) is 0. The van der Waals surface area contributed by atoms with E-state index in [2.05, 4.69) is 42.2 Å². The highest BCUT2D eigenvalue weighted by Gasteiger charge is 2.36. The zero-order valence-corrected chi connectivity index (χ0v) is 12.6. The van der Waals surface area contributed by atoms with Crippen molar-refractivity contribution in [1.82, 2.24) is 4.90 Å². The summed E-state index contributed by atoms with van der Waals surface area (Å²) in [7, 11) is 0. The zero-order valence-electron chi connectivity index (χ0n) is 12.6. The Morgan fingerprint density at radius 1 is 1.20 bits per heavy atom. The molecule has 1 aliphatic heterocycles. The topological polar surface area (TPSA) is 12.5 Å². The quantitative estimate of drug-likeness (QED) is 0.808. The minimum absolute atomic E-state index is 0.486. The van der Waals surface area contributed by atoms with Crippen molar-refractivity contribution in [2.45, 2.75) is 57.1 Å². The van der Waals surface area contributed by atoms with Gasteiger partial charge in [-0.05, 0) is 50.1 Å². The van der Waals surface area contributed by atoms with Gasteiger partial charge in [-0.3, -0.25) is 4.90 Å². The van der Waals surface area contributed by atoms with Crippen molar-refractivity contribution in [2.75, 3.05) is 19.7 Å². The third kappa shape index (κ3) is 3.24. The Hall–Kier alpha value is -0.860. The van der Waals surface area contributed by atoms with Gasteiger partial charge in [0.2, 0.25) is 0 Å². The minimum Gasteiger partial charge on any atom is -0.377 e. The van der Waals surface area contributed by atoms with Crippen LogP contribution in [-0.2, 0) is 4.74 Å². The predicted octanol–water partition coefficient (Wildman–Crippen LogP) is 3.82. The van der Waals surface area contributed by atoms with Gasteiger partial charge in [-0.1, -0.05) is 37.3 Å². The van der Waals surface area contributed by atoms with Gasteiger partial charge < -0.3 is 4.74 Å². The molecule has 2 fully saturated rings. The molecule has 1 saturated heterocycles. The molecule has 1 atom stereocenters. The molecule has 1 unspecified atom stereocenters. The third-order valence-electron chi connectivity index (χ3n) is 4.87. The normalized spacial score (nSPS) is 30.9. The number of likely N-dealkylation sites (tertiary alicyclic amines) is 1. The first-order valence-corrected chi connectivity index (χ1v) is 8.27. The summed E-state index contributed by atoms with van der Waals surface area (Å²) in [4.78, 5) is 2.68. The molecule has 2 nitrogen and oxygen atoms in total. The van der Waals surface area contributed by atoms with Crippen molar-refractivity contribution in [3.8, 4) is 0 Å². The molecule has 2 aliphatic rings. The lowest BCUT2D eigenvalue weighted by molar-refractivity contribution is -0.0271. The molecule has 0 radical (unpaired) electrons. The van der Waals surface area contributed by atoms with E-state index < -0.39 is 0 Å². The Bertz CT molecular complexity index is 399. The summed E-state index contributed by atoms with van der Waals surface area (Å²) < 4.78 is 5.95. The van der Waals surface area contributed by atoms with Gasteiger partial charge in [-0.15, -0.1) is 0 Å². The second-order valence-corrected chi connectivity index (χ2v) is 6.36. The van der Waals surface area contributed by atoms with Crippen LogP contribution in [0, 0.1) is 0 Å². The standard InChI is InChI=1S/C18H27NO/c1-2-11-20-18-9-6-10-19(14-18)17-12-16(13-17)15-7-4-3-5-8-15/h3-5,7-8,16-18H,2,6,9-14H2,1H3. The molecular formula is C18H27NO. The van der Waals surface area contributed by atoms with Gasteiger partial charge >= 0.3 is 0 Å². The van der Waals surface area contributed by atoms with Crippen LogP contribution in [0.15, 0.2) is 30.3 Å². The highest BCUT2D eigenvalue weighted by molar-refractivity contribution is 5.22. The number of nitrogens with zero attached hydrogens (tertiary/aromatic N) is 1. The van der Waals surface area contributed by atoms with E-state index in [1.165, 1.54) is 37.8 Å². The Morgan fingerprint density at radius 2 is 2.00 bits per heavy atom. The Balaban J connectivity index is 1.47. The van der Waals surface area contributed by atoms with Crippen LogP contribution in [-0.4, -0.2) is 36.7 Å². The number of hydrogen-bond acceptors (Lipinski definition) is 2. The van der Waals surface area contributed by atoms with Crippen molar-refractivity contribution in [3.63, 3.8) is 0 Å². The maximum absolute atomic E-state index is 5.95. The molecule has 0 aromatic heterocycles. The Morgan fingerprint density at radius 3 is 2.75 bits per heavy atom. The highest BCUT2D eigenvalue weighted by Crippen LogP contribution is 2.40. The fraction of sp³-hybridized carbons (Fsp3) is 0.667. The molecule has 0 N–H and O–H groups in total. The Kier molecular flexibility index (Phi) is 4.74. The molecule has 1 aliphatic carbocycles. The van der Waals surface area contributed by atoms with Crippen LogP contribution in [0.25, 0.3) is 0 Å². The van der Waals surface area contributed by atoms with Gasteiger partial charge in [0, 0.05) is 19.2 Å². The van der Waals surface area contributed by atoms with Crippen LogP contribution in [0.5, 0.6) is 0 Å². The maximum atomic E-state index is 5.95. The number of piperidine rings is 1. The average Bonchev–Trinajstić information content (AvgIpc) is 2.45. The van der Waals surface area contributed by atoms with Crippen LogP contribution in [0.4, 0.5) is 0 Å². The lowest BCUT2D eigenvalue weighted by Crippen LogP contribution is -2.50. The van der Waals surface area contributed by atoms with E-state index in [-0.39, 0.29) is 0 Å². The van der Waals surface area contributed by atoms with Gasteiger partial charge in [-0.25, -0.2) is 0 Å². The molecule has 1 aromatic carbocycles. The van der Waals surface area contributed by atoms with Crippen LogP contribution in [0.1, 0.15) is 50.5 Å². The average molecular weight is 273 g/mol. The van der Waals surface area contributed by atoms with Gasteiger partial charge in [0.05, 0.1) is 6.10 Å². The van der Waals surface area contributed by atoms with Gasteiger partial charge in [0.25, 0.3) is 0 Å². The van der Waals surface area contributed by atoms with E-state index in [4.69, 9.17) is 4.74 Å². The minimum atomic E-state index is 0.486. The van der Waals surface area contributed by atoms with Gasteiger partial charge in [0.15, 0.2) is 0 Å². The molecule has 2 heteroatoms. The summed E-state index contributed by atoms with van der Waals surface area (Å²) in [5.41, 5.74) is 1.53. The summed E-state index contributed by atoms with van der Waals surface area (Å²) in [6.07, 6.45) is 6.86. The molecule has 0 bridgehead atoms. The SMILES string of the molecule is CCCOC1CCCN(C2CC(c3ccccc3)C2)C1. The predicted molar refractivity (Wildman–Crippen MR) is 83.0 cm³/mol. The molecule has 0 spiro atoms. The summed E-state index contributed by atoms with van der Waals surface area (Å²) in [6.45, 7) is 5.55. The number of rotatable bonds is 5. The first-order valence-electron chi connectivity index (χ1n) is 8.27. The second-order valence-electron chi connectivity index (χ2n) is 6.36. The number of ether oxygens (including phenoxy) is 1. The maximum Gasteiger partial charge on any atom is 0.0702 e. The van der Waals surface area contributed by atoms with Crippen LogP contribution < -0.4 is 0 Å². The van der Waals surface area contributed by atoms with Crippen molar-refractivity contribution >= 4 is 0 Å². The van der Waals surface area contributed by atoms with E-state index in [1.807, 2.05) is 0 Å². The summed E-state index contributed by atoms with van der Waals surface area (Å²) >= 11 is 0. The lowest BCUT2D eigenvalue weighted by atomic mass is 9.74. The van der Waals surface area contributed by atoms with Gasteiger partial charge in [0.1, 0.15) is 0 Å². The van der Waals surface area contributed by atoms with E-state index >= 15 is 0 Å². The van der Waals surface area contributed by atoms with Crippen LogP contribution in [0.2, 0.25) is 0 Å². The first-order chi connectivity index (χ1) is 9.86. The molecule has 1 aromatic rings. The van der Waals surface area contributed by atoms with E-state index in [0.29, 0.717) is 6.10 Å². The molecule has 3 rings (SSSR count). The third-order valence-corrected chi connectivity index (χ3v) is 4.87. The molecule has 1 saturated carbocycles. The lowest BCUT2D eigenvalue weighted by Gasteiger charge is -2.46. The fourth-order valence-electron chi connectivity index (χ4n) is 3.60. The fourth-order valence-corrected chi connectivity index (χ4v) is 3.60. The summed E-state index contributed by atoms with van der Waals surface area (Å²) in [6, 6.07) is 11.8. The van der Waals surface area contributed by atoms with E-state index in [1.54, 1.807) is 0 Å². The first kappa shape index (κ1) is 14.1. The molecule has 20 heavy (non-hydrogen) atoms. The smallest absolute Gasteiger partial charge is 0.0702 e. The second kappa shape index (κ2) is 6.73. The largest absolute Gasteiger partial charge is 0.377 e. The zero-order chi connectivity index (χ0) is 13.8. The van der Waals surface area contributed by atoms with Crippen molar-refractivity contribution < 1.29 is 4.74 Å². The van der Waals surface area contributed by atoms with E-state index in [9.17, 15) is 0 Å². The summed E-state index contributed by atoms with van der Waals surface area (Å²) in [5, 5.41) is 0. The highest BCUT2D eigenvalue weighted by atomic mass is 16.5. The van der Waals surface area contributed by atoms with Crippen LogP contribution >= 0.6 is 0 Å². The summed E-state index contributed by atoms with van der Waals surface area (Å²) in [5.74, 6) is 0.790. The van der Waals surface area contributed by atoms with E-state index in [0.717, 1.165) is 31.5 Å². The Labute approximate surface area is 123 Å². The monoisotopic (exact) mass is 273 g/mol. The molecule has 110 valence electrons. The van der Waals surface area contributed by atoms with Crippen molar-refractivity contribution in [2.24, 2.45) is 0 Å². The molecular weight excluding hydrogens is 246 g/mol. The van der Waals surface area contributed by atoms with Gasteiger partial charge in [-0.2, -0.15) is 0 Å². The van der Waals surface area contributed by atoms with Crippen molar-refractivity contribution in [1.29, 1.82) is 0 Å². The van der Waals surface area contributed by atoms with Crippen LogP contribution in [0.3, 0.4) is 0 Å². The molecule has 0 amide bonds.